The number of thiazole rings is 1. The van der Waals surface area contributed by atoms with Crippen LogP contribution in [0.2, 0.25) is 0 Å². The van der Waals surface area contributed by atoms with E-state index in [0.29, 0.717) is 11.5 Å². The highest BCUT2D eigenvalue weighted by Gasteiger charge is 2.16. The zero-order valence-electron chi connectivity index (χ0n) is 11.2. The topological polar surface area (TPSA) is 39.2 Å². The second-order valence-corrected chi connectivity index (χ2v) is 6.60. The normalized spacial score (nSPS) is 10.9. The number of aryl methyl sites for hydroxylation is 2. The Morgan fingerprint density at radius 1 is 1.30 bits per heavy atom. The molecule has 0 saturated heterocycles. The number of rotatable bonds is 3. The van der Waals surface area contributed by atoms with Crippen molar-refractivity contribution in [3.05, 3.63) is 50.8 Å². The number of carbonyl (C=O) groups excluding carboxylic acids is 1. The molecule has 3 nitrogen and oxygen atoms in total. The Hall–Kier alpha value is -1.72. The summed E-state index contributed by atoms with van der Waals surface area (Å²) in [6.07, 6.45) is 0. The predicted octanol–water partition coefficient (Wildman–Crippen LogP) is 4.33. The van der Waals surface area contributed by atoms with Crippen LogP contribution < -0.4 is 0 Å². The number of aromatic nitrogens is 1. The summed E-state index contributed by atoms with van der Waals surface area (Å²) in [6.45, 7) is 4.03. The van der Waals surface area contributed by atoms with E-state index < -0.39 is 0 Å². The van der Waals surface area contributed by atoms with E-state index in [1.54, 1.807) is 11.3 Å². The van der Waals surface area contributed by atoms with Crippen molar-refractivity contribution in [1.82, 2.24) is 4.98 Å². The Balaban J connectivity index is 1.76. The first-order chi connectivity index (χ1) is 9.65. The van der Waals surface area contributed by atoms with Crippen LogP contribution >= 0.6 is 22.7 Å². The molecule has 0 fully saturated rings. The fourth-order valence-electron chi connectivity index (χ4n) is 2.07. The van der Waals surface area contributed by atoms with E-state index in [1.165, 1.54) is 16.0 Å². The van der Waals surface area contributed by atoms with Crippen LogP contribution in [0.3, 0.4) is 0 Å². The second kappa shape index (κ2) is 5.34. The van der Waals surface area contributed by atoms with Gasteiger partial charge in [0.05, 0.1) is 10.7 Å². The lowest BCUT2D eigenvalue weighted by molar-refractivity contribution is 0.0479. The van der Waals surface area contributed by atoms with Crippen LogP contribution in [-0.4, -0.2) is 11.0 Å². The highest BCUT2D eigenvalue weighted by atomic mass is 32.1. The maximum Gasteiger partial charge on any atom is 0.350 e. The van der Waals surface area contributed by atoms with Gasteiger partial charge in [-0.1, -0.05) is 18.2 Å². The van der Waals surface area contributed by atoms with Gasteiger partial charge in [-0.2, -0.15) is 0 Å². The Morgan fingerprint density at radius 2 is 2.10 bits per heavy atom. The monoisotopic (exact) mass is 303 g/mol. The SMILES string of the molecule is Cc1nc(C)c(C(=O)OCc2csc3ccccc23)s1. The van der Waals surface area contributed by atoms with Crippen LogP contribution in [0, 0.1) is 13.8 Å². The van der Waals surface area contributed by atoms with Gasteiger partial charge in [-0.25, -0.2) is 9.78 Å². The highest BCUT2D eigenvalue weighted by Crippen LogP contribution is 2.27. The lowest BCUT2D eigenvalue weighted by Gasteiger charge is -2.03. The van der Waals surface area contributed by atoms with E-state index in [0.717, 1.165) is 21.7 Å². The maximum absolute atomic E-state index is 12.1. The van der Waals surface area contributed by atoms with Crippen molar-refractivity contribution < 1.29 is 9.53 Å². The molecule has 1 aromatic carbocycles. The number of nitrogens with zero attached hydrogens (tertiary/aromatic N) is 1. The molecule has 20 heavy (non-hydrogen) atoms. The molecule has 2 aromatic heterocycles. The molecule has 5 heteroatoms. The van der Waals surface area contributed by atoms with Crippen molar-refractivity contribution in [3.63, 3.8) is 0 Å². The Kier molecular flexibility index (Phi) is 3.54. The Bertz CT molecular complexity index is 773. The minimum Gasteiger partial charge on any atom is -0.457 e. The minimum atomic E-state index is -0.289. The van der Waals surface area contributed by atoms with Crippen LogP contribution in [0.4, 0.5) is 0 Å². The standard InChI is InChI=1S/C15H13NO2S2/c1-9-14(20-10(2)16-9)15(17)18-7-11-8-19-13-6-4-3-5-12(11)13/h3-6,8H,7H2,1-2H3. The maximum atomic E-state index is 12.1. The van der Waals surface area contributed by atoms with Gasteiger partial charge in [0, 0.05) is 10.3 Å². The summed E-state index contributed by atoms with van der Waals surface area (Å²) in [5.74, 6) is -0.289. The fraction of sp³-hybridized carbons (Fsp3) is 0.200. The molecule has 3 aromatic rings. The molecule has 0 aliphatic heterocycles. The quantitative estimate of drug-likeness (QED) is 0.676. The molecule has 3 rings (SSSR count). The van der Waals surface area contributed by atoms with Gasteiger partial charge in [0.25, 0.3) is 0 Å². The molecule has 0 radical (unpaired) electrons. The molecule has 0 spiro atoms. The number of carbonyl (C=O) groups is 1. The van der Waals surface area contributed by atoms with Crippen molar-refractivity contribution in [1.29, 1.82) is 0 Å². The van der Waals surface area contributed by atoms with Crippen molar-refractivity contribution in [3.8, 4) is 0 Å². The third-order valence-electron chi connectivity index (χ3n) is 3.01. The molecule has 0 amide bonds. The number of thiophene rings is 1. The van der Waals surface area contributed by atoms with Crippen LogP contribution in [0.5, 0.6) is 0 Å². The number of ether oxygens (including phenoxy) is 1. The first kappa shape index (κ1) is 13.3. The first-order valence-electron chi connectivity index (χ1n) is 6.21. The molecule has 0 aliphatic rings. The average Bonchev–Trinajstić information content (AvgIpc) is 2.99. The lowest BCUT2D eigenvalue weighted by Crippen LogP contribution is -2.04. The van der Waals surface area contributed by atoms with E-state index >= 15 is 0 Å². The molecule has 0 saturated carbocycles. The van der Waals surface area contributed by atoms with Crippen molar-refractivity contribution in [2.45, 2.75) is 20.5 Å². The summed E-state index contributed by atoms with van der Waals surface area (Å²) in [5, 5.41) is 4.08. The van der Waals surface area contributed by atoms with Crippen molar-refractivity contribution in [2.75, 3.05) is 0 Å². The second-order valence-electron chi connectivity index (χ2n) is 4.48. The van der Waals surface area contributed by atoms with Gasteiger partial charge < -0.3 is 4.74 Å². The van der Waals surface area contributed by atoms with Crippen LogP contribution in [0.25, 0.3) is 10.1 Å². The van der Waals surface area contributed by atoms with Gasteiger partial charge >= 0.3 is 5.97 Å². The molecule has 0 bridgehead atoms. The van der Waals surface area contributed by atoms with E-state index in [4.69, 9.17) is 4.74 Å². The lowest BCUT2D eigenvalue weighted by atomic mass is 10.2. The number of fused-ring (bicyclic) bond motifs is 1. The molecular weight excluding hydrogens is 290 g/mol. The van der Waals surface area contributed by atoms with E-state index in [1.807, 2.05) is 31.4 Å². The molecule has 0 N–H and O–H groups in total. The van der Waals surface area contributed by atoms with Gasteiger partial charge in [0.1, 0.15) is 11.5 Å². The third-order valence-corrected chi connectivity index (χ3v) is 5.07. The van der Waals surface area contributed by atoms with Gasteiger partial charge in [-0.15, -0.1) is 22.7 Å². The molecule has 0 unspecified atom stereocenters. The Labute approximate surface area is 124 Å². The number of esters is 1. The first-order valence-corrected chi connectivity index (χ1v) is 7.91. The van der Waals surface area contributed by atoms with E-state index in [-0.39, 0.29) is 5.97 Å². The van der Waals surface area contributed by atoms with Gasteiger partial charge in [0.15, 0.2) is 0 Å². The number of hydrogen-bond acceptors (Lipinski definition) is 5. The van der Waals surface area contributed by atoms with Gasteiger partial charge in [0.2, 0.25) is 0 Å². The van der Waals surface area contributed by atoms with Crippen LogP contribution in [0.1, 0.15) is 25.9 Å². The summed E-state index contributed by atoms with van der Waals surface area (Å²) in [7, 11) is 0. The largest absolute Gasteiger partial charge is 0.457 e. The number of hydrogen-bond donors (Lipinski definition) is 0. The third kappa shape index (κ3) is 2.46. The van der Waals surface area contributed by atoms with Gasteiger partial charge in [-0.3, -0.25) is 0 Å². The molecule has 102 valence electrons. The molecule has 0 aliphatic carbocycles. The number of benzene rings is 1. The van der Waals surface area contributed by atoms with Crippen LogP contribution in [0.15, 0.2) is 29.6 Å². The minimum absolute atomic E-state index is 0.289. The summed E-state index contributed by atoms with van der Waals surface area (Å²) in [4.78, 5) is 16.9. The Morgan fingerprint density at radius 3 is 2.85 bits per heavy atom. The van der Waals surface area contributed by atoms with Crippen molar-refractivity contribution >= 4 is 38.7 Å². The van der Waals surface area contributed by atoms with Crippen molar-refractivity contribution in [2.24, 2.45) is 0 Å². The summed E-state index contributed by atoms with van der Waals surface area (Å²) >= 11 is 3.05. The average molecular weight is 303 g/mol. The van der Waals surface area contributed by atoms with E-state index in [2.05, 4.69) is 17.1 Å². The zero-order chi connectivity index (χ0) is 14.1. The summed E-state index contributed by atoms with van der Waals surface area (Å²) < 4.78 is 6.62. The summed E-state index contributed by atoms with van der Waals surface area (Å²) in [6, 6.07) is 8.13. The smallest absolute Gasteiger partial charge is 0.350 e. The van der Waals surface area contributed by atoms with Gasteiger partial charge in [-0.05, 0) is 30.7 Å². The summed E-state index contributed by atoms with van der Waals surface area (Å²) in [5.41, 5.74) is 1.80. The zero-order valence-corrected chi connectivity index (χ0v) is 12.8. The predicted molar refractivity (Wildman–Crippen MR) is 82.5 cm³/mol. The molecule has 0 atom stereocenters. The van der Waals surface area contributed by atoms with Crippen LogP contribution in [-0.2, 0) is 11.3 Å². The fourth-order valence-corrected chi connectivity index (χ4v) is 3.84. The molecule has 2 heterocycles. The van der Waals surface area contributed by atoms with E-state index in [9.17, 15) is 4.79 Å². The molecular formula is C15H13NO2S2. The highest BCUT2D eigenvalue weighted by molar-refractivity contribution is 7.17.